The minimum Gasteiger partial charge on any atom is -0.507 e. The Morgan fingerprint density at radius 1 is 1.59 bits per heavy atom. The van der Waals surface area contributed by atoms with Gasteiger partial charge < -0.3 is 15.6 Å². The van der Waals surface area contributed by atoms with Crippen LogP contribution in [-0.2, 0) is 9.53 Å². The van der Waals surface area contributed by atoms with Crippen molar-refractivity contribution >= 4 is 18.4 Å². The molecule has 0 aliphatic rings. The molecule has 0 aromatic heterocycles. The molecule has 0 aliphatic carbocycles. The lowest BCUT2D eigenvalue weighted by Crippen LogP contribution is -2.18. The number of carbonyl (C=O) groups excluding carboxylic acids is 1. The molecule has 0 spiro atoms. The number of hydrogen-bond donors (Lipinski definition) is 2. The number of ether oxygens (including phenoxy) is 1. The molecule has 0 amide bonds. The Balaban J connectivity index is 0.00000256. The molecule has 0 radical (unpaired) electrons. The first kappa shape index (κ1) is 15.7. The summed E-state index contributed by atoms with van der Waals surface area (Å²) >= 11 is 0. The Labute approximate surface area is 105 Å². The summed E-state index contributed by atoms with van der Waals surface area (Å²) in [4.78, 5) is 11.0. The molecule has 6 heteroatoms. The second-order valence-electron chi connectivity index (χ2n) is 3.51. The minimum absolute atomic E-state index is 0. The Bertz CT molecular complexity index is 412. The molecule has 1 rings (SSSR count). The van der Waals surface area contributed by atoms with E-state index < -0.39 is 17.8 Å². The van der Waals surface area contributed by atoms with Crippen LogP contribution in [0.2, 0.25) is 0 Å². The highest BCUT2D eigenvalue weighted by molar-refractivity contribution is 5.85. The largest absolute Gasteiger partial charge is 0.507 e. The van der Waals surface area contributed by atoms with Crippen molar-refractivity contribution in [3.8, 4) is 5.75 Å². The molecule has 96 valence electrons. The first-order valence-corrected chi connectivity index (χ1v) is 4.77. The van der Waals surface area contributed by atoms with E-state index in [1.807, 2.05) is 0 Å². The van der Waals surface area contributed by atoms with E-state index in [-0.39, 0.29) is 30.1 Å². The predicted molar refractivity (Wildman–Crippen MR) is 63.6 cm³/mol. The number of rotatable bonds is 3. The van der Waals surface area contributed by atoms with Gasteiger partial charge in [0, 0.05) is 11.6 Å². The number of benzene rings is 1. The molecule has 0 fully saturated rings. The molecular weight excluding hydrogens is 249 g/mol. The van der Waals surface area contributed by atoms with Crippen LogP contribution in [0.3, 0.4) is 0 Å². The first-order valence-electron chi connectivity index (χ1n) is 4.77. The zero-order valence-electron chi connectivity index (χ0n) is 9.57. The van der Waals surface area contributed by atoms with E-state index in [0.717, 1.165) is 0 Å². The van der Waals surface area contributed by atoms with E-state index in [0.29, 0.717) is 5.56 Å². The molecule has 0 unspecified atom stereocenters. The molecule has 4 nitrogen and oxygen atoms in total. The normalized spacial score (nSPS) is 11.5. The summed E-state index contributed by atoms with van der Waals surface area (Å²) in [6.45, 7) is 1.63. The van der Waals surface area contributed by atoms with E-state index >= 15 is 0 Å². The lowest BCUT2D eigenvalue weighted by Gasteiger charge is -2.14. The number of phenolic OH excluding ortho intramolecular Hbond substituents is 1. The molecule has 0 saturated carbocycles. The van der Waals surface area contributed by atoms with E-state index in [2.05, 4.69) is 4.74 Å². The Hall–Kier alpha value is -1.33. The molecule has 0 bridgehead atoms. The van der Waals surface area contributed by atoms with Crippen LogP contribution in [0, 0.1) is 12.7 Å². The van der Waals surface area contributed by atoms with E-state index in [1.165, 1.54) is 19.2 Å². The fourth-order valence-electron chi connectivity index (χ4n) is 1.41. The number of phenols is 1. The second kappa shape index (κ2) is 6.42. The Morgan fingerprint density at radius 3 is 2.71 bits per heavy atom. The monoisotopic (exact) mass is 263 g/mol. The van der Waals surface area contributed by atoms with Gasteiger partial charge in [-0.1, -0.05) is 6.07 Å². The van der Waals surface area contributed by atoms with Crippen LogP contribution in [0.1, 0.15) is 23.6 Å². The molecule has 1 atom stereocenters. The van der Waals surface area contributed by atoms with Crippen LogP contribution >= 0.6 is 12.4 Å². The third kappa shape index (κ3) is 3.57. The summed E-state index contributed by atoms with van der Waals surface area (Å²) in [7, 11) is 1.22. The van der Waals surface area contributed by atoms with Gasteiger partial charge >= 0.3 is 5.97 Å². The molecular formula is C11H15ClFNO3. The number of aryl methyl sites for hydroxylation is 1. The number of halogens is 2. The van der Waals surface area contributed by atoms with Crippen LogP contribution in [0.4, 0.5) is 4.39 Å². The van der Waals surface area contributed by atoms with E-state index in [4.69, 9.17) is 5.73 Å². The highest BCUT2D eigenvalue weighted by Gasteiger charge is 2.20. The average molecular weight is 264 g/mol. The van der Waals surface area contributed by atoms with Crippen molar-refractivity contribution < 1.29 is 19.0 Å². The van der Waals surface area contributed by atoms with Crippen molar-refractivity contribution in [3.05, 3.63) is 29.1 Å². The number of methoxy groups -OCH3 is 1. The second-order valence-corrected chi connectivity index (χ2v) is 3.51. The fraction of sp³-hybridized carbons (Fsp3) is 0.364. The number of carbonyl (C=O) groups is 1. The van der Waals surface area contributed by atoms with Crippen molar-refractivity contribution in [2.24, 2.45) is 5.73 Å². The average Bonchev–Trinajstić information content (AvgIpc) is 2.24. The van der Waals surface area contributed by atoms with Crippen LogP contribution in [0.25, 0.3) is 0 Å². The molecule has 17 heavy (non-hydrogen) atoms. The van der Waals surface area contributed by atoms with Gasteiger partial charge in [-0.25, -0.2) is 4.39 Å². The smallest absolute Gasteiger partial charge is 0.307 e. The van der Waals surface area contributed by atoms with Crippen LogP contribution in [-0.4, -0.2) is 18.2 Å². The zero-order chi connectivity index (χ0) is 12.3. The van der Waals surface area contributed by atoms with Crippen molar-refractivity contribution in [2.45, 2.75) is 19.4 Å². The first-order chi connectivity index (χ1) is 7.47. The molecule has 3 N–H and O–H groups in total. The van der Waals surface area contributed by atoms with Crippen molar-refractivity contribution in [2.75, 3.05) is 7.11 Å². The molecule has 1 aromatic carbocycles. The maximum atomic E-state index is 13.4. The molecule has 0 heterocycles. The highest BCUT2D eigenvalue weighted by atomic mass is 35.5. The van der Waals surface area contributed by atoms with E-state index in [1.54, 1.807) is 6.92 Å². The number of nitrogens with two attached hydrogens (primary N) is 1. The summed E-state index contributed by atoms with van der Waals surface area (Å²) in [5.74, 6) is -1.39. The van der Waals surface area contributed by atoms with Gasteiger partial charge in [-0.05, 0) is 18.6 Å². The van der Waals surface area contributed by atoms with Gasteiger partial charge in [-0.15, -0.1) is 12.4 Å². The highest BCUT2D eigenvalue weighted by Crippen LogP contribution is 2.30. The molecule has 0 saturated heterocycles. The molecule has 1 aromatic rings. The summed E-state index contributed by atoms with van der Waals surface area (Å²) in [5, 5.41) is 9.66. The summed E-state index contributed by atoms with van der Waals surface area (Å²) < 4.78 is 17.9. The van der Waals surface area contributed by atoms with Crippen molar-refractivity contribution in [3.63, 3.8) is 0 Å². The van der Waals surface area contributed by atoms with Crippen LogP contribution in [0.15, 0.2) is 12.1 Å². The standard InChI is InChI=1S/C11H14FNO3.ClH/c1-6-3-4-7(12)10(11(6)15)8(13)5-9(14)16-2;/h3-4,8,15H,5,13H2,1-2H3;1H/t8-;/m1./s1. The Morgan fingerprint density at radius 2 is 2.18 bits per heavy atom. The van der Waals surface area contributed by atoms with Gasteiger partial charge in [0.25, 0.3) is 0 Å². The van der Waals surface area contributed by atoms with Crippen molar-refractivity contribution in [1.29, 1.82) is 0 Å². The summed E-state index contributed by atoms with van der Waals surface area (Å²) in [5.41, 5.74) is 6.10. The topological polar surface area (TPSA) is 72.5 Å². The van der Waals surface area contributed by atoms with Gasteiger partial charge in [0.15, 0.2) is 0 Å². The van der Waals surface area contributed by atoms with Crippen LogP contribution in [0.5, 0.6) is 5.75 Å². The lowest BCUT2D eigenvalue weighted by atomic mass is 10.0. The van der Waals surface area contributed by atoms with Gasteiger partial charge in [0.2, 0.25) is 0 Å². The quantitative estimate of drug-likeness (QED) is 0.816. The van der Waals surface area contributed by atoms with Gasteiger partial charge in [-0.3, -0.25) is 4.79 Å². The summed E-state index contributed by atoms with van der Waals surface area (Å²) in [6.07, 6.45) is -0.176. The third-order valence-electron chi connectivity index (χ3n) is 2.35. The van der Waals surface area contributed by atoms with Gasteiger partial charge in [0.05, 0.1) is 13.5 Å². The molecule has 0 aliphatic heterocycles. The van der Waals surface area contributed by atoms with Gasteiger partial charge in [-0.2, -0.15) is 0 Å². The van der Waals surface area contributed by atoms with Crippen LogP contribution < -0.4 is 5.73 Å². The number of hydrogen-bond acceptors (Lipinski definition) is 4. The fourth-order valence-corrected chi connectivity index (χ4v) is 1.41. The summed E-state index contributed by atoms with van der Waals surface area (Å²) in [6, 6.07) is 1.74. The Kier molecular flexibility index (Phi) is 5.91. The third-order valence-corrected chi connectivity index (χ3v) is 2.35. The predicted octanol–water partition coefficient (Wildman–Crippen LogP) is 1.82. The number of aromatic hydroxyl groups is 1. The maximum absolute atomic E-state index is 13.4. The van der Waals surface area contributed by atoms with E-state index in [9.17, 15) is 14.3 Å². The SMILES string of the molecule is COC(=O)C[C@@H](N)c1c(F)ccc(C)c1O.Cl. The minimum atomic E-state index is -0.910. The lowest BCUT2D eigenvalue weighted by molar-refractivity contribution is -0.141. The maximum Gasteiger partial charge on any atom is 0.307 e. The zero-order valence-corrected chi connectivity index (χ0v) is 10.4. The van der Waals surface area contributed by atoms with Crippen molar-refractivity contribution in [1.82, 2.24) is 0 Å². The van der Waals surface area contributed by atoms with Gasteiger partial charge in [0.1, 0.15) is 11.6 Å². The number of esters is 1.